The molecule has 1 aromatic carbocycles. The molecule has 0 radical (unpaired) electrons. The molecule has 0 N–H and O–H groups in total. The van der Waals surface area contributed by atoms with Crippen molar-refractivity contribution in [1.29, 1.82) is 0 Å². The van der Waals surface area contributed by atoms with Crippen LogP contribution in [0.25, 0.3) is 0 Å². The predicted octanol–water partition coefficient (Wildman–Crippen LogP) is 9.22. The van der Waals surface area contributed by atoms with Crippen molar-refractivity contribution in [2.45, 2.75) is 110 Å². The van der Waals surface area contributed by atoms with Gasteiger partial charge in [-0.05, 0) is 86.3 Å². The lowest BCUT2D eigenvalue weighted by molar-refractivity contribution is 0.209. The van der Waals surface area contributed by atoms with Crippen LogP contribution in [0, 0.1) is 23.6 Å². The maximum absolute atomic E-state index is 14.8. The van der Waals surface area contributed by atoms with E-state index in [1.165, 1.54) is 89.0 Å². The molecular formula is C29H45FO. The number of rotatable bonds is 12. The molecule has 2 aliphatic carbocycles. The highest BCUT2D eigenvalue weighted by molar-refractivity contribution is 5.32. The van der Waals surface area contributed by atoms with Crippen molar-refractivity contribution in [3.05, 3.63) is 41.7 Å². The Hall–Kier alpha value is -1.31. The Morgan fingerprint density at radius 1 is 0.935 bits per heavy atom. The maximum Gasteiger partial charge on any atom is 0.165 e. The first-order chi connectivity index (χ1) is 15.2. The topological polar surface area (TPSA) is 9.23 Å². The van der Waals surface area contributed by atoms with Crippen molar-refractivity contribution >= 4 is 0 Å². The lowest BCUT2D eigenvalue weighted by atomic mass is 9.69. The highest BCUT2D eigenvalue weighted by Crippen LogP contribution is 2.44. The molecule has 0 aliphatic heterocycles. The summed E-state index contributed by atoms with van der Waals surface area (Å²) in [5.74, 6) is 3.12. The normalized spacial score (nSPS) is 24.8. The molecule has 1 fully saturated rings. The van der Waals surface area contributed by atoms with E-state index in [1.54, 1.807) is 6.07 Å². The van der Waals surface area contributed by atoms with E-state index < -0.39 is 0 Å². The number of unbranched alkanes of at least 4 members (excludes halogenated alkanes) is 3. The van der Waals surface area contributed by atoms with Crippen LogP contribution >= 0.6 is 0 Å². The first-order valence-corrected chi connectivity index (χ1v) is 13.3. The molecule has 0 spiro atoms. The minimum atomic E-state index is -0.177. The molecule has 31 heavy (non-hydrogen) atoms. The zero-order valence-electron chi connectivity index (χ0n) is 20.1. The van der Waals surface area contributed by atoms with Crippen molar-refractivity contribution in [1.82, 2.24) is 0 Å². The largest absolute Gasteiger partial charge is 0.491 e. The van der Waals surface area contributed by atoms with Gasteiger partial charge in [-0.25, -0.2) is 4.39 Å². The second-order valence-corrected chi connectivity index (χ2v) is 10.2. The number of hydrogen-bond donors (Lipinski definition) is 0. The Balaban J connectivity index is 1.64. The molecule has 174 valence electrons. The highest BCUT2D eigenvalue weighted by Gasteiger charge is 2.31. The third kappa shape index (κ3) is 7.65. The SMILES string of the molecule is CCCCCCC1CCC(C(CC2CC=CCC2)c2ccc(OCCC)c(F)c2)CC1. The number of ether oxygens (including phenoxy) is 1. The minimum absolute atomic E-state index is 0.177. The molecule has 0 bridgehead atoms. The average molecular weight is 429 g/mol. The molecule has 2 atom stereocenters. The van der Waals surface area contributed by atoms with Gasteiger partial charge in [0, 0.05) is 0 Å². The molecule has 0 heterocycles. The zero-order chi connectivity index (χ0) is 21.9. The smallest absolute Gasteiger partial charge is 0.165 e. The zero-order valence-corrected chi connectivity index (χ0v) is 20.1. The van der Waals surface area contributed by atoms with Gasteiger partial charge in [-0.15, -0.1) is 0 Å². The van der Waals surface area contributed by atoms with E-state index >= 15 is 0 Å². The summed E-state index contributed by atoms with van der Waals surface area (Å²) >= 11 is 0. The summed E-state index contributed by atoms with van der Waals surface area (Å²) in [6, 6.07) is 5.84. The van der Waals surface area contributed by atoms with Crippen molar-refractivity contribution in [2.75, 3.05) is 6.61 Å². The molecule has 1 nitrogen and oxygen atoms in total. The van der Waals surface area contributed by atoms with Crippen LogP contribution in [0.1, 0.15) is 115 Å². The Bertz CT molecular complexity index is 659. The van der Waals surface area contributed by atoms with E-state index in [0.29, 0.717) is 24.2 Å². The molecule has 0 saturated heterocycles. The first-order valence-electron chi connectivity index (χ1n) is 13.3. The summed E-state index contributed by atoms with van der Waals surface area (Å²) in [4.78, 5) is 0. The number of halogens is 1. The maximum atomic E-state index is 14.8. The van der Waals surface area contributed by atoms with Gasteiger partial charge in [0.1, 0.15) is 0 Å². The lowest BCUT2D eigenvalue weighted by Gasteiger charge is -2.36. The van der Waals surface area contributed by atoms with Gasteiger partial charge < -0.3 is 4.74 Å². The summed E-state index contributed by atoms with van der Waals surface area (Å²) in [6.45, 7) is 4.93. The van der Waals surface area contributed by atoms with Crippen molar-refractivity contribution in [3.63, 3.8) is 0 Å². The van der Waals surface area contributed by atoms with Crippen LogP contribution in [0.4, 0.5) is 4.39 Å². The van der Waals surface area contributed by atoms with Gasteiger partial charge in [-0.2, -0.15) is 0 Å². The Kier molecular flexibility index (Phi) is 10.4. The summed E-state index contributed by atoms with van der Waals surface area (Å²) in [7, 11) is 0. The molecule has 2 unspecified atom stereocenters. The second kappa shape index (κ2) is 13.3. The van der Waals surface area contributed by atoms with Gasteiger partial charge in [0.2, 0.25) is 0 Å². The van der Waals surface area contributed by atoms with Gasteiger partial charge in [0.25, 0.3) is 0 Å². The summed E-state index contributed by atoms with van der Waals surface area (Å²) in [6.07, 6.45) is 22.8. The molecule has 1 aromatic rings. The van der Waals surface area contributed by atoms with Crippen LogP contribution in [-0.2, 0) is 0 Å². The van der Waals surface area contributed by atoms with Crippen LogP contribution in [0.5, 0.6) is 5.75 Å². The van der Waals surface area contributed by atoms with Gasteiger partial charge >= 0.3 is 0 Å². The van der Waals surface area contributed by atoms with Crippen LogP contribution in [0.15, 0.2) is 30.4 Å². The molecular weight excluding hydrogens is 383 g/mol. The molecule has 2 heteroatoms. The number of benzene rings is 1. The number of allylic oxidation sites excluding steroid dienone is 2. The fraction of sp³-hybridized carbons (Fsp3) is 0.724. The van der Waals surface area contributed by atoms with E-state index in [1.807, 2.05) is 6.07 Å². The van der Waals surface area contributed by atoms with Crippen molar-refractivity contribution < 1.29 is 9.13 Å². The first kappa shape index (κ1) is 24.3. The van der Waals surface area contributed by atoms with Gasteiger partial charge in [0.05, 0.1) is 6.61 Å². The molecule has 0 aromatic heterocycles. The standard InChI is InChI=1S/C29H45FO/c1-3-5-6-8-11-23-14-16-25(17-15-23)27(21-24-12-9-7-10-13-24)26-18-19-29(28(30)22-26)31-20-4-2/h7,9,18-19,22-25,27H,3-6,8,10-17,20-21H2,1-2H3. The fourth-order valence-electron chi connectivity index (χ4n) is 5.85. The van der Waals surface area contributed by atoms with Gasteiger partial charge in [-0.1, -0.05) is 77.0 Å². The van der Waals surface area contributed by atoms with E-state index in [4.69, 9.17) is 4.74 Å². The van der Waals surface area contributed by atoms with Crippen LogP contribution in [0.2, 0.25) is 0 Å². The minimum Gasteiger partial charge on any atom is -0.491 e. The van der Waals surface area contributed by atoms with E-state index in [9.17, 15) is 4.39 Å². The van der Waals surface area contributed by atoms with Crippen LogP contribution in [0.3, 0.4) is 0 Å². The molecule has 0 amide bonds. The van der Waals surface area contributed by atoms with E-state index in [0.717, 1.165) is 18.3 Å². The third-order valence-electron chi connectivity index (χ3n) is 7.74. The van der Waals surface area contributed by atoms with E-state index in [-0.39, 0.29) is 5.82 Å². The van der Waals surface area contributed by atoms with Gasteiger partial charge in [0.15, 0.2) is 11.6 Å². The second-order valence-electron chi connectivity index (χ2n) is 10.2. The van der Waals surface area contributed by atoms with Crippen molar-refractivity contribution in [3.8, 4) is 5.75 Å². The highest BCUT2D eigenvalue weighted by atomic mass is 19.1. The van der Waals surface area contributed by atoms with E-state index in [2.05, 4.69) is 32.1 Å². The summed E-state index contributed by atoms with van der Waals surface area (Å²) in [5.41, 5.74) is 1.21. The Labute approximate surface area is 190 Å². The van der Waals surface area contributed by atoms with Gasteiger partial charge in [-0.3, -0.25) is 0 Å². The average Bonchev–Trinajstić information content (AvgIpc) is 2.81. The van der Waals surface area contributed by atoms with Crippen molar-refractivity contribution in [2.24, 2.45) is 17.8 Å². The quantitative estimate of drug-likeness (QED) is 0.238. The third-order valence-corrected chi connectivity index (χ3v) is 7.74. The molecule has 1 saturated carbocycles. The Morgan fingerprint density at radius 3 is 2.45 bits per heavy atom. The number of hydrogen-bond acceptors (Lipinski definition) is 1. The predicted molar refractivity (Wildman–Crippen MR) is 130 cm³/mol. The van der Waals surface area contributed by atoms with Crippen LogP contribution in [-0.4, -0.2) is 6.61 Å². The summed E-state index contributed by atoms with van der Waals surface area (Å²) in [5, 5.41) is 0. The summed E-state index contributed by atoms with van der Waals surface area (Å²) < 4.78 is 20.4. The monoisotopic (exact) mass is 428 g/mol. The Morgan fingerprint density at radius 2 is 1.77 bits per heavy atom. The lowest BCUT2D eigenvalue weighted by Crippen LogP contribution is -2.23. The molecule has 2 aliphatic rings. The fourth-order valence-corrected chi connectivity index (χ4v) is 5.85. The molecule has 3 rings (SSSR count). The van der Waals surface area contributed by atoms with Crippen LogP contribution < -0.4 is 4.74 Å².